The number of aliphatic hydroxyl groups excluding tert-OH is 1. The Bertz CT molecular complexity index is 594. The predicted octanol–water partition coefficient (Wildman–Crippen LogP) is 2.71. The van der Waals surface area contributed by atoms with Crippen molar-refractivity contribution in [2.24, 2.45) is 5.92 Å². The van der Waals surface area contributed by atoms with Crippen LogP contribution in [0.2, 0.25) is 5.15 Å². The van der Waals surface area contributed by atoms with Gasteiger partial charge in [-0.15, -0.1) is 0 Å². The van der Waals surface area contributed by atoms with Gasteiger partial charge in [-0.05, 0) is 30.9 Å². The monoisotopic (exact) mass is 295 g/mol. The SMILES string of the molecule is OC1CC(Cn2cc(-c3cccnc3Cl)cn2)CC1F. The smallest absolute Gasteiger partial charge is 0.136 e. The number of aliphatic hydroxyl groups is 1. The molecule has 0 radical (unpaired) electrons. The first-order chi connectivity index (χ1) is 9.63. The van der Waals surface area contributed by atoms with E-state index in [0.717, 1.165) is 11.1 Å². The van der Waals surface area contributed by atoms with Gasteiger partial charge in [-0.2, -0.15) is 5.10 Å². The van der Waals surface area contributed by atoms with E-state index in [2.05, 4.69) is 10.1 Å². The fourth-order valence-corrected chi connectivity index (χ4v) is 2.91. The minimum atomic E-state index is -1.11. The zero-order valence-electron chi connectivity index (χ0n) is 10.8. The highest BCUT2D eigenvalue weighted by molar-refractivity contribution is 6.32. The zero-order chi connectivity index (χ0) is 14.1. The molecule has 1 saturated carbocycles. The van der Waals surface area contributed by atoms with Crippen molar-refractivity contribution < 1.29 is 9.50 Å². The average Bonchev–Trinajstić information content (AvgIpc) is 2.98. The lowest BCUT2D eigenvalue weighted by atomic mass is 10.1. The van der Waals surface area contributed by atoms with E-state index in [9.17, 15) is 9.50 Å². The second-order valence-electron chi connectivity index (χ2n) is 5.21. The summed E-state index contributed by atoms with van der Waals surface area (Å²) in [5.74, 6) is 0.122. The van der Waals surface area contributed by atoms with Crippen LogP contribution in [-0.4, -0.2) is 32.1 Å². The molecule has 6 heteroatoms. The molecule has 0 aromatic carbocycles. The largest absolute Gasteiger partial charge is 0.390 e. The highest BCUT2D eigenvalue weighted by Gasteiger charge is 2.33. The Morgan fingerprint density at radius 2 is 2.30 bits per heavy atom. The molecule has 1 N–H and O–H groups in total. The third-order valence-electron chi connectivity index (χ3n) is 3.70. The van der Waals surface area contributed by atoms with Crippen LogP contribution >= 0.6 is 11.6 Å². The maximum Gasteiger partial charge on any atom is 0.136 e. The first kappa shape index (κ1) is 13.5. The van der Waals surface area contributed by atoms with Gasteiger partial charge < -0.3 is 5.11 Å². The summed E-state index contributed by atoms with van der Waals surface area (Å²) in [6.07, 6.45) is 4.18. The van der Waals surface area contributed by atoms with Crippen molar-refractivity contribution in [3.8, 4) is 11.1 Å². The van der Waals surface area contributed by atoms with Gasteiger partial charge in [-0.1, -0.05) is 11.6 Å². The molecule has 2 aromatic rings. The standard InChI is InChI=1S/C14H15ClFN3O/c15-14-11(2-1-3-17-14)10-6-18-19(8-10)7-9-4-12(16)13(20)5-9/h1-3,6,8-9,12-13,20H,4-5,7H2. The molecule has 0 bridgehead atoms. The van der Waals surface area contributed by atoms with Crippen LogP contribution in [0.5, 0.6) is 0 Å². The molecule has 0 aliphatic heterocycles. The lowest BCUT2D eigenvalue weighted by Gasteiger charge is -2.08. The number of hydrogen-bond acceptors (Lipinski definition) is 3. The number of halogens is 2. The zero-order valence-corrected chi connectivity index (χ0v) is 11.5. The first-order valence-corrected chi connectivity index (χ1v) is 6.97. The molecular weight excluding hydrogens is 281 g/mol. The van der Waals surface area contributed by atoms with E-state index in [-0.39, 0.29) is 5.92 Å². The lowest BCUT2D eigenvalue weighted by Crippen LogP contribution is -2.12. The van der Waals surface area contributed by atoms with E-state index in [4.69, 9.17) is 11.6 Å². The van der Waals surface area contributed by atoms with Crippen LogP contribution in [0, 0.1) is 5.92 Å². The number of alkyl halides is 1. The van der Waals surface area contributed by atoms with E-state index in [1.54, 1.807) is 17.1 Å². The van der Waals surface area contributed by atoms with Gasteiger partial charge in [0.2, 0.25) is 0 Å². The van der Waals surface area contributed by atoms with Gasteiger partial charge in [0.05, 0.1) is 12.3 Å². The molecule has 4 nitrogen and oxygen atoms in total. The van der Waals surface area contributed by atoms with E-state index in [0.29, 0.717) is 24.5 Å². The number of aromatic nitrogens is 3. The van der Waals surface area contributed by atoms with E-state index in [1.807, 2.05) is 18.3 Å². The maximum absolute atomic E-state index is 13.3. The second kappa shape index (κ2) is 5.50. The minimum absolute atomic E-state index is 0.122. The van der Waals surface area contributed by atoms with E-state index < -0.39 is 12.3 Å². The summed E-state index contributed by atoms with van der Waals surface area (Å²) in [5.41, 5.74) is 1.72. The van der Waals surface area contributed by atoms with Crippen molar-refractivity contribution >= 4 is 11.6 Å². The highest BCUT2D eigenvalue weighted by Crippen LogP contribution is 2.30. The predicted molar refractivity (Wildman–Crippen MR) is 74.1 cm³/mol. The number of nitrogens with zero attached hydrogens (tertiary/aromatic N) is 3. The summed E-state index contributed by atoms with van der Waals surface area (Å²) >= 11 is 6.05. The molecule has 0 saturated heterocycles. The topological polar surface area (TPSA) is 50.9 Å². The van der Waals surface area contributed by atoms with Crippen LogP contribution in [0.25, 0.3) is 11.1 Å². The van der Waals surface area contributed by atoms with Crippen LogP contribution in [0.15, 0.2) is 30.7 Å². The number of hydrogen-bond donors (Lipinski definition) is 1. The summed E-state index contributed by atoms with van der Waals surface area (Å²) < 4.78 is 15.1. The molecule has 3 rings (SSSR count). The van der Waals surface area contributed by atoms with Crippen molar-refractivity contribution in [3.63, 3.8) is 0 Å². The molecule has 1 fully saturated rings. The Morgan fingerprint density at radius 3 is 3.00 bits per heavy atom. The second-order valence-corrected chi connectivity index (χ2v) is 5.57. The van der Waals surface area contributed by atoms with Gasteiger partial charge in [-0.3, -0.25) is 4.68 Å². The Morgan fingerprint density at radius 1 is 1.45 bits per heavy atom. The van der Waals surface area contributed by atoms with Crippen LogP contribution in [-0.2, 0) is 6.54 Å². The van der Waals surface area contributed by atoms with E-state index >= 15 is 0 Å². The van der Waals surface area contributed by atoms with Gasteiger partial charge in [0.1, 0.15) is 11.3 Å². The fourth-order valence-electron chi connectivity index (χ4n) is 2.68. The van der Waals surface area contributed by atoms with Crippen molar-refractivity contribution in [3.05, 3.63) is 35.9 Å². The maximum atomic E-state index is 13.3. The van der Waals surface area contributed by atoms with Gasteiger partial charge in [0, 0.05) is 30.1 Å². The molecule has 1 aliphatic carbocycles. The number of pyridine rings is 1. The summed E-state index contributed by atoms with van der Waals surface area (Å²) in [5, 5.41) is 14.1. The van der Waals surface area contributed by atoms with Crippen molar-refractivity contribution in [2.45, 2.75) is 31.7 Å². The Kier molecular flexibility index (Phi) is 3.72. The summed E-state index contributed by atoms with van der Waals surface area (Å²) in [4.78, 5) is 4.03. The molecule has 0 spiro atoms. The minimum Gasteiger partial charge on any atom is -0.390 e. The lowest BCUT2D eigenvalue weighted by molar-refractivity contribution is 0.102. The summed E-state index contributed by atoms with van der Waals surface area (Å²) in [6, 6.07) is 3.70. The summed E-state index contributed by atoms with van der Waals surface area (Å²) in [6.45, 7) is 0.607. The van der Waals surface area contributed by atoms with Gasteiger partial charge in [-0.25, -0.2) is 9.37 Å². The molecular formula is C14H15ClFN3O. The van der Waals surface area contributed by atoms with Crippen LogP contribution in [0.3, 0.4) is 0 Å². The summed E-state index contributed by atoms with van der Waals surface area (Å²) in [7, 11) is 0. The van der Waals surface area contributed by atoms with Gasteiger partial charge in [0.15, 0.2) is 0 Å². The molecule has 20 heavy (non-hydrogen) atoms. The molecule has 2 heterocycles. The van der Waals surface area contributed by atoms with Crippen LogP contribution < -0.4 is 0 Å². The average molecular weight is 296 g/mol. The van der Waals surface area contributed by atoms with Crippen molar-refractivity contribution in [1.82, 2.24) is 14.8 Å². The number of rotatable bonds is 3. The fraction of sp³-hybridized carbons (Fsp3) is 0.429. The third kappa shape index (κ3) is 2.69. The quantitative estimate of drug-likeness (QED) is 0.886. The van der Waals surface area contributed by atoms with Crippen LogP contribution in [0.4, 0.5) is 4.39 Å². The van der Waals surface area contributed by atoms with E-state index in [1.165, 1.54) is 0 Å². The Labute approximate surface area is 121 Å². The Hall–Kier alpha value is -1.46. The van der Waals surface area contributed by atoms with Crippen LogP contribution in [0.1, 0.15) is 12.8 Å². The Balaban J connectivity index is 1.73. The highest BCUT2D eigenvalue weighted by atomic mass is 35.5. The molecule has 106 valence electrons. The van der Waals surface area contributed by atoms with Crippen molar-refractivity contribution in [1.29, 1.82) is 0 Å². The molecule has 2 aromatic heterocycles. The first-order valence-electron chi connectivity index (χ1n) is 6.59. The molecule has 3 unspecified atom stereocenters. The van der Waals surface area contributed by atoms with Crippen molar-refractivity contribution in [2.75, 3.05) is 0 Å². The molecule has 3 atom stereocenters. The van der Waals surface area contributed by atoms with Gasteiger partial charge in [0.25, 0.3) is 0 Å². The third-order valence-corrected chi connectivity index (χ3v) is 4.00. The van der Waals surface area contributed by atoms with Gasteiger partial charge >= 0.3 is 0 Å². The molecule has 1 aliphatic rings. The molecule has 0 amide bonds. The normalized spacial score (nSPS) is 26.1.